The van der Waals surface area contributed by atoms with E-state index in [-0.39, 0.29) is 30.0 Å². The van der Waals surface area contributed by atoms with E-state index in [9.17, 15) is 9.59 Å². The van der Waals surface area contributed by atoms with Gasteiger partial charge in [-0.05, 0) is 25.0 Å². The number of H-pyrrole nitrogens is 1. The largest absolute Gasteiger partial charge is 0.496 e. The highest BCUT2D eigenvalue weighted by molar-refractivity contribution is 8.00. The van der Waals surface area contributed by atoms with Crippen molar-refractivity contribution in [2.24, 2.45) is 0 Å². The number of anilines is 1. The number of benzene rings is 1. The van der Waals surface area contributed by atoms with Crippen molar-refractivity contribution in [3.63, 3.8) is 0 Å². The molecule has 0 saturated carbocycles. The number of methoxy groups -OCH3 is 1. The van der Waals surface area contributed by atoms with Gasteiger partial charge in [0.25, 0.3) is 0 Å². The molecule has 29 heavy (non-hydrogen) atoms. The van der Waals surface area contributed by atoms with E-state index < -0.39 is 0 Å². The van der Waals surface area contributed by atoms with Crippen LogP contribution in [0.1, 0.15) is 25.7 Å². The molecular formula is C19H24N6O3S. The van der Waals surface area contributed by atoms with Crippen molar-refractivity contribution in [2.75, 3.05) is 18.2 Å². The monoisotopic (exact) mass is 416 g/mol. The molecule has 4 N–H and O–H groups in total. The predicted octanol–water partition coefficient (Wildman–Crippen LogP) is 2.14. The summed E-state index contributed by atoms with van der Waals surface area (Å²) in [6.07, 6.45) is 3.12. The molecule has 3 heterocycles. The van der Waals surface area contributed by atoms with Crippen molar-refractivity contribution in [3.05, 3.63) is 24.3 Å². The molecule has 2 aromatic rings. The second-order valence-corrected chi connectivity index (χ2v) is 8.40. The summed E-state index contributed by atoms with van der Waals surface area (Å²) in [6.45, 7) is 0. The third kappa shape index (κ3) is 4.47. The Kier molecular flexibility index (Phi) is 5.89. The highest BCUT2D eigenvalue weighted by atomic mass is 32.2. The average molecular weight is 417 g/mol. The lowest BCUT2D eigenvalue weighted by atomic mass is 10.0. The molecule has 9 nitrogen and oxygen atoms in total. The Morgan fingerprint density at radius 2 is 2.17 bits per heavy atom. The van der Waals surface area contributed by atoms with E-state index in [1.807, 2.05) is 36.0 Å². The van der Waals surface area contributed by atoms with E-state index in [0.717, 1.165) is 30.6 Å². The highest BCUT2D eigenvalue weighted by Gasteiger charge is 2.42. The van der Waals surface area contributed by atoms with Crippen LogP contribution in [-0.2, 0) is 4.79 Å². The number of hydrogen-bond donors (Lipinski definition) is 4. The van der Waals surface area contributed by atoms with Gasteiger partial charge in [0.1, 0.15) is 5.75 Å². The second kappa shape index (κ2) is 8.73. The Labute approximate surface area is 172 Å². The molecule has 2 saturated heterocycles. The van der Waals surface area contributed by atoms with E-state index in [2.05, 4.69) is 31.1 Å². The molecule has 2 fully saturated rings. The van der Waals surface area contributed by atoms with Crippen LogP contribution in [0, 0.1) is 0 Å². The first-order chi connectivity index (χ1) is 14.1. The van der Waals surface area contributed by atoms with Gasteiger partial charge in [0.05, 0.1) is 24.8 Å². The van der Waals surface area contributed by atoms with Crippen LogP contribution in [0.2, 0.25) is 0 Å². The fraction of sp³-hybridized carbons (Fsp3) is 0.474. The minimum Gasteiger partial charge on any atom is -0.496 e. The number of aromatic amines is 1. The smallest absolute Gasteiger partial charge is 0.315 e. The minimum absolute atomic E-state index is 0.0660. The van der Waals surface area contributed by atoms with Crippen molar-refractivity contribution in [2.45, 2.75) is 43.0 Å². The van der Waals surface area contributed by atoms with Crippen molar-refractivity contribution >= 4 is 29.6 Å². The van der Waals surface area contributed by atoms with Gasteiger partial charge < -0.3 is 15.4 Å². The van der Waals surface area contributed by atoms with Crippen molar-refractivity contribution < 1.29 is 14.3 Å². The van der Waals surface area contributed by atoms with Gasteiger partial charge in [-0.15, -0.1) is 5.10 Å². The SMILES string of the molecule is COc1ccccc1-c1nc(NC(=O)CCCC[C@@H]2SC[C@@H]3NC(=O)N[C@H]32)n[nH]1. The second-order valence-electron chi connectivity index (χ2n) is 7.12. The molecule has 0 spiro atoms. The molecule has 1 aromatic heterocycles. The number of nitrogens with one attached hydrogen (secondary N) is 4. The number of urea groups is 1. The van der Waals surface area contributed by atoms with Gasteiger partial charge in [-0.2, -0.15) is 16.7 Å². The number of hydrogen-bond acceptors (Lipinski definition) is 6. The Balaban J connectivity index is 1.21. The van der Waals surface area contributed by atoms with Crippen LogP contribution in [0.25, 0.3) is 11.4 Å². The normalized spacial score (nSPS) is 22.7. The molecule has 3 atom stereocenters. The molecule has 0 radical (unpaired) electrons. The number of rotatable bonds is 8. The Bertz CT molecular complexity index is 888. The number of para-hydroxylation sites is 1. The quantitative estimate of drug-likeness (QED) is 0.386. The van der Waals surface area contributed by atoms with E-state index in [0.29, 0.717) is 23.2 Å². The molecule has 4 rings (SSSR count). The zero-order valence-corrected chi connectivity index (χ0v) is 16.9. The first-order valence-electron chi connectivity index (χ1n) is 9.68. The van der Waals surface area contributed by atoms with E-state index >= 15 is 0 Å². The van der Waals surface area contributed by atoms with Crippen LogP contribution in [0.15, 0.2) is 24.3 Å². The number of carbonyl (C=O) groups is 2. The van der Waals surface area contributed by atoms with Gasteiger partial charge >= 0.3 is 6.03 Å². The number of fused-ring (bicyclic) bond motifs is 1. The van der Waals surface area contributed by atoms with Gasteiger partial charge in [-0.1, -0.05) is 18.6 Å². The summed E-state index contributed by atoms with van der Waals surface area (Å²) in [6, 6.07) is 7.86. The Morgan fingerprint density at radius 1 is 1.31 bits per heavy atom. The number of carbonyl (C=O) groups excluding carboxylic acids is 2. The molecule has 154 valence electrons. The maximum Gasteiger partial charge on any atom is 0.315 e. The topological polar surface area (TPSA) is 121 Å². The summed E-state index contributed by atoms with van der Waals surface area (Å²) in [5.41, 5.74) is 0.781. The van der Waals surface area contributed by atoms with Crippen LogP contribution < -0.4 is 20.7 Å². The lowest BCUT2D eigenvalue weighted by molar-refractivity contribution is -0.116. The predicted molar refractivity (Wildman–Crippen MR) is 111 cm³/mol. The zero-order chi connectivity index (χ0) is 20.2. The maximum atomic E-state index is 12.2. The number of thioether (sulfide) groups is 1. The van der Waals surface area contributed by atoms with E-state index in [1.165, 1.54) is 0 Å². The summed E-state index contributed by atoms with van der Waals surface area (Å²) in [4.78, 5) is 28.0. The summed E-state index contributed by atoms with van der Waals surface area (Å²) < 4.78 is 5.33. The molecule has 0 bridgehead atoms. The van der Waals surface area contributed by atoms with Crippen molar-refractivity contribution in [3.8, 4) is 17.1 Å². The lowest BCUT2D eigenvalue weighted by Crippen LogP contribution is -2.36. The third-order valence-electron chi connectivity index (χ3n) is 5.18. The van der Waals surface area contributed by atoms with Gasteiger partial charge in [0.15, 0.2) is 5.82 Å². The van der Waals surface area contributed by atoms with Crippen LogP contribution in [0.3, 0.4) is 0 Å². The van der Waals surface area contributed by atoms with Crippen LogP contribution in [-0.4, -0.2) is 57.3 Å². The number of ether oxygens (including phenoxy) is 1. The van der Waals surface area contributed by atoms with E-state index in [4.69, 9.17) is 4.74 Å². The van der Waals surface area contributed by atoms with Crippen molar-refractivity contribution in [1.82, 2.24) is 25.8 Å². The summed E-state index contributed by atoms with van der Waals surface area (Å²) >= 11 is 1.89. The number of aromatic nitrogens is 3. The number of amides is 3. The van der Waals surface area contributed by atoms with E-state index in [1.54, 1.807) is 7.11 Å². The fourth-order valence-corrected chi connectivity index (χ4v) is 5.28. The molecule has 0 aliphatic carbocycles. The lowest BCUT2D eigenvalue weighted by Gasteiger charge is -2.16. The Hall–Kier alpha value is -2.75. The molecular weight excluding hydrogens is 392 g/mol. The summed E-state index contributed by atoms with van der Waals surface area (Å²) in [5, 5.41) is 16.0. The fourth-order valence-electron chi connectivity index (χ4n) is 3.74. The van der Waals surface area contributed by atoms with Gasteiger partial charge in [0.2, 0.25) is 11.9 Å². The average Bonchev–Trinajstić information content (AvgIpc) is 3.42. The highest BCUT2D eigenvalue weighted by Crippen LogP contribution is 2.33. The zero-order valence-electron chi connectivity index (χ0n) is 16.1. The molecule has 1 aromatic carbocycles. The molecule has 0 unspecified atom stereocenters. The molecule has 3 amide bonds. The van der Waals surface area contributed by atoms with Gasteiger partial charge in [-0.3, -0.25) is 15.2 Å². The molecule has 2 aliphatic rings. The van der Waals surface area contributed by atoms with Crippen LogP contribution in [0.4, 0.5) is 10.7 Å². The summed E-state index contributed by atoms with van der Waals surface area (Å²) in [7, 11) is 1.60. The molecule has 2 aliphatic heterocycles. The third-order valence-corrected chi connectivity index (χ3v) is 6.69. The minimum atomic E-state index is -0.108. The Morgan fingerprint density at radius 3 is 3.03 bits per heavy atom. The van der Waals surface area contributed by atoms with Crippen molar-refractivity contribution in [1.29, 1.82) is 0 Å². The van der Waals surface area contributed by atoms with Gasteiger partial charge in [-0.25, -0.2) is 4.79 Å². The van der Waals surface area contributed by atoms with Gasteiger partial charge in [0, 0.05) is 17.4 Å². The molecule has 10 heteroatoms. The standard InChI is InChI=1S/C19H24N6O3S/c1-28-13-7-3-2-6-11(13)17-23-18(25-24-17)21-15(26)9-5-4-8-14-16-12(10-29-14)20-19(27)22-16/h2-3,6-7,12,14,16H,4-5,8-10H2,1H3,(H2,20,22,27)(H2,21,23,24,25,26)/t12-,14-,16+/m0/s1. The first kappa shape index (κ1) is 19.6. The van der Waals surface area contributed by atoms with Crippen LogP contribution in [0.5, 0.6) is 5.75 Å². The maximum absolute atomic E-state index is 12.2. The summed E-state index contributed by atoms with van der Waals surface area (Å²) in [5.74, 6) is 2.32. The number of unbranched alkanes of at least 4 members (excludes halogenated alkanes) is 1. The van der Waals surface area contributed by atoms with Crippen LogP contribution >= 0.6 is 11.8 Å². The first-order valence-corrected chi connectivity index (χ1v) is 10.7. The number of nitrogens with zero attached hydrogens (tertiary/aromatic N) is 2.